The Labute approximate surface area is 572 Å². The summed E-state index contributed by atoms with van der Waals surface area (Å²) in [7, 11) is -4.41. The molecule has 0 heterocycles. The molecule has 9 nitrogen and oxygen atoms in total. The van der Waals surface area contributed by atoms with E-state index in [-0.39, 0.29) is 38.6 Å². The number of hydrogen-bond acceptors (Lipinski definition) is 8. The van der Waals surface area contributed by atoms with Gasteiger partial charge in [-0.25, -0.2) is 4.57 Å². The van der Waals surface area contributed by atoms with Crippen LogP contribution < -0.4 is 5.73 Å². The first-order valence-electron chi connectivity index (χ1n) is 38.0. The summed E-state index contributed by atoms with van der Waals surface area (Å²) < 4.78 is 33.2. The van der Waals surface area contributed by atoms with Gasteiger partial charge in [0.1, 0.15) is 6.61 Å². The smallest absolute Gasteiger partial charge is 0.462 e. The highest BCUT2D eigenvalue weighted by atomic mass is 31.2. The Morgan fingerprint density at radius 3 is 0.839 bits per heavy atom. The van der Waals surface area contributed by atoms with Gasteiger partial charge < -0.3 is 20.1 Å². The molecule has 0 saturated carbocycles. The van der Waals surface area contributed by atoms with E-state index in [0.717, 1.165) is 122 Å². The molecule has 0 aromatic carbocycles. The van der Waals surface area contributed by atoms with Gasteiger partial charge in [-0.3, -0.25) is 18.6 Å². The lowest BCUT2D eigenvalue weighted by molar-refractivity contribution is -0.161. The molecule has 530 valence electrons. The maximum Gasteiger partial charge on any atom is 0.472 e. The third-order valence-electron chi connectivity index (χ3n) is 15.9. The summed E-state index contributed by atoms with van der Waals surface area (Å²) in [6, 6.07) is 0. The number of carbonyl (C=O) groups excluding carboxylic acids is 2. The van der Waals surface area contributed by atoms with Crippen LogP contribution >= 0.6 is 7.82 Å². The van der Waals surface area contributed by atoms with E-state index in [1.807, 2.05) is 0 Å². The van der Waals surface area contributed by atoms with Crippen LogP contribution in [-0.4, -0.2) is 49.3 Å². The lowest BCUT2D eigenvalue weighted by atomic mass is 10.0. The van der Waals surface area contributed by atoms with E-state index in [0.29, 0.717) is 6.42 Å². The normalized spacial score (nSPS) is 13.8. The lowest BCUT2D eigenvalue weighted by Crippen LogP contribution is -2.29. The maximum absolute atomic E-state index is 12.8. The minimum atomic E-state index is -4.41. The van der Waals surface area contributed by atoms with Gasteiger partial charge in [0, 0.05) is 19.4 Å². The summed E-state index contributed by atoms with van der Waals surface area (Å²) in [6.45, 7) is 3.49. The van der Waals surface area contributed by atoms with Crippen molar-refractivity contribution >= 4 is 19.8 Å². The highest BCUT2D eigenvalue weighted by molar-refractivity contribution is 7.47. The molecule has 0 aliphatic carbocycles. The third kappa shape index (κ3) is 76.5. The fraction of sp³-hybridized carbons (Fsp3) is 0.663. The molecule has 0 aromatic rings. The summed E-state index contributed by atoms with van der Waals surface area (Å²) in [6.07, 6.45) is 112. The third-order valence-corrected chi connectivity index (χ3v) is 16.9. The molecule has 0 amide bonds. The van der Waals surface area contributed by atoms with Crippen molar-refractivity contribution in [1.82, 2.24) is 0 Å². The highest BCUT2D eigenvalue weighted by Crippen LogP contribution is 2.43. The van der Waals surface area contributed by atoms with Crippen molar-refractivity contribution in [2.45, 2.75) is 328 Å². The second-order valence-electron chi connectivity index (χ2n) is 24.8. The van der Waals surface area contributed by atoms with E-state index in [9.17, 15) is 19.0 Å². The molecule has 0 aromatic heterocycles. The minimum absolute atomic E-state index is 0.0415. The van der Waals surface area contributed by atoms with Gasteiger partial charge in [-0.05, 0) is 122 Å². The molecular weight excluding hydrogens is 1170 g/mol. The quantitative estimate of drug-likeness (QED) is 0.0264. The number of phosphoric acid groups is 1. The standard InChI is InChI=1S/C83H140NO8P/c1-3-5-7-9-11-13-15-17-19-21-23-25-27-29-31-33-35-36-37-38-39-40-41-42-43-44-46-47-49-51-53-55-57-59-61-63-65-67-69-71-73-75-82(85)89-79-81(80-91-93(87,88)90-78-77-84)92-83(86)76-74-72-70-68-66-64-62-60-58-56-54-52-50-48-45-34-32-30-28-26-24-22-20-18-16-14-12-10-8-6-4-2/h5-8,11-14,17-20,23-26,30,32,45,48,52,54,58,60,64,66,81H,3-4,9-10,15-16,21-22,27-29,31,33-44,46-47,49-51,53,55-57,59,61-63,65,67-80,84H2,1-2H3,(H,87,88)/b7-5-,8-6-,13-11-,14-12-,19-17-,20-18-,25-23-,26-24-,32-30-,48-45-,54-52-,60-58-,66-64-. The molecular formula is C83H140NO8P. The number of phosphoric ester groups is 1. The van der Waals surface area contributed by atoms with E-state index in [1.165, 1.54) is 167 Å². The zero-order valence-electron chi connectivity index (χ0n) is 59.7. The van der Waals surface area contributed by atoms with Crippen LogP contribution in [0.15, 0.2) is 158 Å². The summed E-state index contributed by atoms with van der Waals surface area (Å²) in [4.78, 5) is 35.4. The molecule has 0 aliphatic rings. The van der Waals surface area contributed by atoms with E-state index >= 15 is 0 Å². The topological polar surface area (TPSA) is 134 Å². The molecule has 0 saturated heterocycles. The van der Waals surface area contributed by atoms with Crippen molar-refractivity contribution in [3.8, 4) is 0 Å². The van der Waals surface area contributed by atoms with Gasteiger partial charge in [-0.15, -0.1) is 0 Å². The molecule has 10 heteroatoms. The zero-order chi connectivity index (χ0) is 67.2. The largest absolute Gasteiger partial charge is 0.472 e. The van der Waals surface area contributed by atoms with Crippen molar-refractivity contribution in [3.63, 3.8) is 0 Å². The first-order chi connectivity index (χ1) is 45.8. The Kier molecular flexibility index (Phi) is 73.0. The van der Waals surface area contributed by atoms with Gasteiger partial charge >= 0.3 is 19.8 Å². The summed E-state index contributed by atoms with van der Waals surface area (Å²) in [5.41, 5.74) is 5.40. The molecule has 2 atom stereocenters. The molecule has 0 rings (SSSR count). The van der Waals surface area contributed by atoms with Crippen molar-refractivity contribution < 1.29 is 37.6 Å². The van der Waals surface area contributed by atoms with Gasteiger partial charge in [0.25, 0.3) is 0 Å². The van der Waals surface area contributed by atoms with Crippen LogP contribution in [0, 0.1) is 0 Å². The predicted octanol–water partition coefficient (Wildman–Crippen LogP) is 25.5. The van der Waals surface area contributed by atoms with Crippen molar-refractivity contribution in [2.75, 3.05) is 26.4 Å². The molecule has 0 radical (unpaired) electrons. The SMILES string of the molecule is CC/C=C\C/C=C\C/C=C\C/C=C\C/C=C\C/C=C\C/C=C\C/C=C\C/C=C\CCCCCC(=O)OC(COC(=O)CCCCCCCCCCCCCCCCCCCCCCCCCCCCCC/C=C\C/C=C\C/C=C\C/C=C\CC)COP(=O)(O)OCCN. The number of unbranched alkanes of at least 4 members (excludes halogenated alkanes) is 31. The summed E-state index contributed by atoms with van der Waals surface area (Å²) in [5.74, 6) is -0.865. The van der Waals surface area contributed by atoms with E-state index in [2.05, 4.69) is 172 Å². The molecule has 3 N–H and O–H groups in total. The van der Waals surface area contributed by atoms with Crippen LogP contribution in [0.2, 0.25) is 0 Å². The van der Waals surface area contributed by atoms with E-state index in [4.69, 9.17) is 24.3 Å². The van der Waals surface area contributed by atoms with E-state index < -0.39 is 26.5 Å². The number of hydrogen-bond donors (Lipinski definition) is 2. The Balaban J connectivity index is 3.87. The number of ether oxygens (including phenoxy) is 2. The second kappa shape index (κ2) is 76.6. The molecule has 2 unspecified atom stereocenters. The molecule has 93 heavy (non-hydrogen) atoms. The Morgan fingerprint density at radius 2 is 0.559 bits per heavy atom. The van der Waals surface area contributed by atoms with Gasteiger partial charge in [-0.1, -0.05) is 345 Å². The van der Waals surface area contributed by atoms with Gasteiger partial charge in [0.15, 0.2) is 6.10 Å². The monoisotopic (exact) mass is 1310 g/mol. The van der Waals surface area contributed by atoms with E-state index in [1.54, 1.807) is 0 Å². The Morgan fingerprint density at radius 1 is 0.323 bits per heavy atom. The van der Waals surface area contributed by atoms with Gasteiger partial charge in [-0.2, -0.15) is 0 Å². The van der Waals surface area contributed by atoms with Crippen LogP contribution in [0.1, 0.15) is 322 Å². The number of allylic oxidation sites excluding steroid dienone is 26. The number of rotatable bonds is 70. The first kappa shape index (κ1) is 88.6. The predicted molar refractivity (Wildman–Crippen MR) is 403 cm³/mol. The van der Waals surface area contributed by atoms with Crippen molar-refractivity contribution in [2.24, 2.45) is 5.73 Å². The summed E-state index contributed by atoms with van der Waals surface area (Å²) in [5, 5.41) is 0. The second-order valence-corrected chi connectivity index (χ2v) is 26.2. The van der Waals surface area contributed by atoms with Gasteiger partial charge in [0.05, 0.1) is 13.2 Å². The number of nitrogens with two attached hydrogens (primary N) is 1. The fourth-order valence-electron chi connectivity index (χ4n) is 10.4. The van der Waals surface area contributed by atoms with Crippen LogP contribution in [0.5, 0.6) is 0 Å². The van der Waals surface area contributed by atoms with Crippen LogP contribution in [0.25, 0.3) is 0 Å². The number of carbonyl (C=O) groups is 2. The van der Waals surface area contributed by atoms with Crippen molar-refractivity contribution in [3.05, 3.63) is 158 Å². The highest BCUT2D eigenvalue weighted by Gasteiger charge is 2.26. The fourth-order valence-corrected chi connectivity index (χ4v) is 11.2. The molecule has 0 bridgehead atoms. The molecule has 0 fully saturated rings. The molecule has 0 spiro atoms. The Hall–Kier alpha value is -4.37. The lowest BCUT2D eigenvalue weighted by Gasteiger charge is -2.19. The zero-order valence-corrected chi connectivity index (χ0v) is 60.6. The van der Waals surface area contributed by atoms with Crippen molar-refractivity contribution in [1.29, 1.82) is 0 Å². The number of esters is 2. The first-order valence-corrected chi connectivity index (χ1v) is 39.5. The summed E-state index contributed by atoms with van der Waals surface area (Å²) >= 11 is 0. The average Bonchev–Trinajstić information content (AvgIpc) is 3.70. The van der Waals surface area contributed by atoms with Crippen LogP contribution in [-0.2, 0) is 32.7 Å². The van der Waals surface area contributed by atoms with Crippen LogP contribution in [0.4, 0.5) is 0 Å². The van der Waals surface area contributed by atoms with Gasteiger partial charge in [0.2, 0.25) is 0 Å². The van der Waals surface area contributed by atoms with Crippen LogP contribution in [0.3, 0.4) is 0 Å². The minimum Gasteiger partial charge on any atom is -0.462 e. The maximum atomic E-state index is 12.8. The average molecular weight is 1310 g/mol. The Bertz CT molecular complexity index is 2090. The molecule has 0 aliphatic heterocycles.